The minimum Gasteiger partial charge on any atom is -0.478 e. The van der Waals surface area contributed by atoms with Gasteiger partial charge in [-0.15, -0.1) is 0 Å². The zero-order valence-electron chi connectivity index (χ0n) is 14.7. The van der Waals surface area contributed by atoms with Crippen LogP contribution in [0.4, 0.5) is 11.4 Å². The molecular weight excluding hydrogens is 334 g/mol. The van der Waals surface area contributed by atoms with Crippen LogP contribution in [-0.2, 0) is 9.59 Å². The Hall–Kier alpha value is -2.57. The number of aromatic carboxylic acids is 1. The zero-order valence-corrected chi connectivity index (χ0v) is 14.7. The van der Waals surface area contributed by atoms with E-state index in [0.29, 0.717) is 31.6 Å². The third-order valence-corrected chi connectivity index (χ3v) is 5.48. The van der Waals surface area contributed by atoms with Crippen molar-refractivity contribution in [3.05, 3.63) is 23.8 Å². The number of hydrogen-bond acceptors (Lipinski definition) is 4. The van der Waals surface area contributed by atoms with Crippen molar-refractivity contribution in [1.82, 2.24) is 0 Å². The third-order valence-electron chi connectivity index (χ3n) is 5.48. The number of piperidine rings is 1. The molecule has 2 amide bonds. The van der Waals surface area contributed by atoms with E-state index in [-0.39, 0.29) is 29.2 Å². The molecule has 140 valence electrons. The van der Waals surface area contributed by atoms with Gasteiger partial charge in [-0.3, -0.25) is 9.59 Å². The minimum absolute atomic E-state index is 0.0239. The maximum absolute atomic E-state index is 12.3. The number of carboxylic acid groups (broad SMARTS) is 1. The van der Waals surface area contributed by atoms with Gasteiger partial charge >= 0.3 is 5.97 Å². The number of carbonyl (C=O) groups is 3. The fourth-order valence-electron chi connectivity index (χ4n) is 3.86. The van der Waals surface area contributed by atoms with E-state index in [1.54, 1.807) is 12.1 Å². The molecule has 1 saturated carbocycles. The fraction of sp³-hybridized carbons (Fsp3) is 0.526. The summed E-state index contributed by atoms with van der Waals surface area (Å²) < 4.78 is 0. The molecule has 1 aromatic rings. The Morgan fingerprint density at radius 1 is 1.04 bits per heavy atom. The molecule has 4 N–H and O–H groups in total. The van der Waals surface area contributed by atoms with Crippen LogP contribution in [-0.4, -0.2) is 36.0 Å². The standard InChI is InChI=1S/C19H25N3O4/c20-17(23)12-7-9-22(10-8-12)14-5-6-16(15(11-14)19(25)26)21-18(24)13-3-1-2-4-13/h5-6,11-13H,1-4,7-10H2,(H2,20,23)(H,21,24)(H,25,26). The van der Waals surface area contributed by atoms with Crippen LogP contribution >= 0.6 is 0 Å². The lowest BCUT2D eigenvalue weighted by atomic mass is 9.95. The number of carbonyl (C=O) groups excluding carboxylic acids is 2. The van der Waals surface area contributed by atoms with Gasteiger partial charge in [0, 0.05) is 30.6 Å². The average molecular weight is 359 g/mol. The van der Waals surface area contributed by atoms with Gasteiger partial charge < -0.3 is 21.1 Å². The summed E-state index contributed by atoms with van der Waals surface area (Å²) in [5, 5.41) is 12.3. The summed E-state index contributed by atoms with van der Waals surface area (Å²) in [7, 11) is 0. The number of anilines is 2. The molecule has 2 aliphatic rings. The first-order valence-corrected chi connectivity index (χ1v) is 9.18. The molecule has 1 aliphatic heterocycles. The van der Waals surface area contributed by atoms with Gasteiger partial charge in [0.05, 0.1) is 11.3 Å². The van der Waals surface area contributed by atoms with Crippen molar-refractivity contribution in [3.8, 4) is 0 Å². The van der Waals surface area contributed by atoms with E-state index in [4.69, 9.17) is 5.73 Å². The van der Waals surface area contributed by atoms with E-state index in [9.17, 15) is 19.5 Å². The normalized spacial score (nSPS) is 18.7. The van der Waals surface area contributed by atoms with Crippen LogP contribution in [0.1, 0.15) is 48.9 Å². The van der Waals surface area contributed by atoms with Gasteiger partial charge in [-0.05, 0) is 43.9 Å². The zero-order chi connectivity index (χ0) is 18.7. The van der Waals surface area contributed by atoms with E-state index in [2.05, 4.69) is 10.2 Å². The topological polar surface area (TPSA) is 113 Å². The molecule has 7 heteroatoms. The number of benzene rings is 1. The maximum Gasteiger partial charge on any atom is 0.337 e. The van der Waals surface area contributed by atoms with Crippen LogP contribution in [0.2, 0.25) is 0 Å². The molecule has 7 nitrogen and oxygen atoms in total. The van der Waals surface area contributed by atoms with Crippen molar-refractivity contribution >= 4 is 29.2 Å². The number of nitrogens with zero attached hydrogens (tertiary/aromatic N) is 1. The molecule has 0 bridgehead atoms. The van der Waals surface area contributed by atoms with Gasteiger partial charge in [-0.25, -0.2) is 4.79 Å². The predicted molar refractivity (Wildman–Crippen MR) is 98.1 cm³/mol. The van der Waals surface area contributed by atoms with Crippen LogP contribution in [0.25, 0.3) is 0 Å². The highest BCUT2D eigenvalue weighted by Gasteiger charge is 2.26. The van der Waals surface area contributed by atoms with E-state index in [1.165, 1.54) is 0 Å². The molecular formula is C19H25N3O4. The predicted octanol–water partition coefficient (Wildman–Crippen LogP) is 2.22. The number of carboxylic acids is 1. The molecule has 0 atom stereocenters. The van der Waals surface area contributed by atoms with Crippen molar-refractivity contribution in [2.24, 2.45) is 17.6 Å². The van der Waals surface area contributed by atoms with Crippen molar-refractivity contribution in [2.75, 3.05) is 23.3 Å². The van der Waals surface area contributed by atoms with E-state index in [0.717, 1.165) is 31.4 Å². The highest BCUT2D eigenvalue weighted by molar-refractivity contribution is 6.02. The fourth-order valence-corrected chi connectivity index (χ4v) is 3.86. The van der Waals surface area contributed by atoms with Crippen LogP contribution in [0.5, 0.6) is 0 Å². The van der Waals surface area contributed by atoms with Gasteiger partial charge in [-0.1, -0.05) is 12.8 Å². The Bertz CT molecular complexity index is 705. The Morgan fingerprint density at radius 3 is 2.27 bits per heavy atom. The Kier molecular flexibility index (Phi) is 5.44. The number of hydrogen-bond donors (Lipinski definition) is 3. The van der Waals surface area contributed by atoms with Gasteiger partial charge in [0.15, 0.2) is 0 Å². The molecule has 2 fully saturated rings. The molecule has 1 aliphatic carbocycles. The van der Waals surface area contributed by atoms with Gasteiger partial charge in [0.2, 0.25) is 11.8 Å². The molecule has 0 spiro atoms. The third kappa shape index (κ3) is 3.98. The molecule has 0 aromatic heterocycles. The van der Waals surface area contributed by atoms with Crippen LogP contribution in [0.15, 0.2) is 18.2 Å². The molecule has 0 radical (unpaired) electrons. The monoisotopic (exact) mass is 359 g/mol. The number of amides is 2. The van der Waals surface area contributed by atoms with Gasteiger partial charge in [-0.2, -0.15) is 0 Å². The summed E-state index contributed by atoms with van der Waals surface area (Å²) in [5.41, 5.74) is 6.57. The summed E-state index contributed by atoms with van der Waals surface area (Å²) in [6.07, 6.45) is 5.15. The number of rotatable bonds is 5. The molecule has 26 heavy (non-hydrogen) atoms. The molecule has 1 saturated heterocycles. The van der Waals surface area contributed by atoms with Crippen LogP contribution in [0.3, 0.4) is 0 Å². The summed E-state index contributed by atoms with van der Waals surface area (Å²) in [6, 6.07) is 5.07. The molecule has 1 aromatic carbocycles. The molecule has 3 rings (SSSR count). The Morgan fingerprint density at radius 2 is 1.69 bits per heavy atom. The van der Waals surface area contributed by atoms with Crippen molar-refractivity contribution in [3.63, 3.8) is 0 Å². The molecule has 1 heterocycles. The van der Waals surface area contributed by atoms with Crippen molar-refractivity contribution < 1.29 is 19.5 Å². The van der Waals surface area contributed by atoms with Crippen LogP contribution in [0, 0.1) is 11.8 Å². The summed E-state index contributed by atoms with van der Waals surface area (Å²) in [6.45, 7) is 1.31. The first-order valence-electron chi connectivity index (χ1n) is 9.18. The second kappa shape index (κ2) is 7.76. The second-order valence-electron chi connectivity index (χ2n) is 7.17. The summed E-state index contributed by atoms with van der Waals surface area (Å²) >= 11 is 0. The SMILES string of the molecule is NC(=O)C1CCN(c2ccc(NC(=O)C3CCCC3)c(C(=O)O)c2)CC1. The lowest BCUT2D eigenvalue weighted by Gasteiger charge is -2.32. The number of nitrogens with one attached hydrogen (secondary N) is 1. The Labute approximate surface area is 152 Å². The average Bonchev–Trinajstić information content (AvgIpc) is 3.17. The lowest BCUT2D eigenvalue weighted by molar-refractivity contribution is -0.122. The summed E-state index contributed by atoms with van der Waals surface area (Å²) in [5.74, 6) is -1.58. The highest BCUT2D eigenvalue weighted by atomic mass is 16.4. The minimum atomic E-state index is -1.07. The van der Waals surface area contributed by atoms with Crippen LogP contribution < -0.4 is 16.0 Å². The number of nitrogens with two attached hydrogens (primary N) is 1. The maximum atomic E-state index is 12.3. The first-order chi connectivity index (χ1) is 12.5. The van der Waals surface area contributed by atoms with Crippen molar-refractivity contribution in [2.45, 2.75) is 38.5 Å². The van der Waals surface area contributed by atoms with Gasteiger partial charge in [0.25, 0.3) is 0 Å². The summed E-state index contributed by atoms with van der Waals surface area (Å²) in [4.78, 5) is 37.3. The largest absolute Gasteiger partial charge is 0.478 e. The van der Waals surface area contributed by atoms with Crippen molar-refractivity contribution in [1.29, 1.82) is 0 Å². The Balaban J connectivity index is 1.73. The van der Waals surface area contributed by atoms with Gasteiger partial charge in [0.1, 0.15) is 0 Å². The van der Waals surface area contributed by atoms with E-state index >= 15 is 0 Å². The highest BCUT2D eigenvalue weighted by Crippen LogP contribution is 2.30. The number of primary amides is 1. The quantitative estimate of drug-likeness (QED) is 0.746. The first kappa shape index (κ1) is 18.2. The van der Waals surface area contributed by atoms with E-state index in [1.807, 2.05) is 6.07 Å². The molecule has 0 unspecified atom stereocenters. The van der Waals surface area contributed by atoms with E-state index < -0.39 is 5.97 Å². The second-order valence-corrected chi connectivity index (χ2v) is 7.17. The smallest absolute Gasteiger partial charge is 0.337 e. The lowest BCUT2D eigenvalue weighted by Crippen LogP contribution is -2.38.